The molecule has 3 heteroatoms. The Morgan fingerprint density at radius 2 is 1.82 bits per heavy atom. The number of hydrogen-bond donors (Lipinski definition) is 0. The SMILES string of the molecule is COC(=O)C1Cc2ccccc2CN1Cc1ccccc1C. The predicted molar refractivity (Wildman–Crippen MR) is 86.4 cm³/mol. The summed E-state index contributed by atoms with van der Waals surface area (Å²) in [7, 11) is 1.47. The molecule has 3 rings (SSSR count). The standard InChI is InChI=1S/C19H21NO2/c1-14-7-3-4-9-16(14)12-20-13-17-10-6-5-8-15(17)11-18(20)19(21)22-2/h3-10,18H,11-13H2,1-2H3. The third-order valence-electron chi connectivity index (χ3n) is 4.45. The quantitative estimate of drug-likeness (QED) is 0.815. The number of aryl methyl sites for hydroxylation is 1. The summed E-state index contributed by atoms with van der Waals surface area (Å²) in [6.45, 7) is 3.66. The Kier molecular flexibility index (Phi) is 4.25. The maximum Gasteiger partial charge on any atom is 0.323 e. The van der Waals surface area contributed by atoms with Crippen LogP contribution in [0.15, 0.2) is 48.5 Å². The van der Waals surface area contributed by atoms with Gasteiger partial charge in [-0.3, -0.25) is 9.69 Å². The third-order valence-corrected chi connectivity index (χ3v) is 4.45. The zero-order valence-corrected chi connectivity index (χ0v) is 13.1. The summed E-state index contributed by atoms with van der Waals surface area (Å²) in [5.74, 6) is -0.150. The second-order valence-corrected chi connectivity index (χ2v) is 5.84. The summed E-state index contributed by atoms with van der Waals surface area (Å²) in [6.07, 6.45) is 0.717. The Morgan fingerprint density at radius 3 is 2.55 bits per heavy atom. The van der Waals surface area contributed by atoms with Crippen LogP contribution in [0.2, 0.25) is 0 Å². The lowest BCUT2D eigenvalue weighted by Crippen LogP contribution is -2.45. The van der Waals surface area contributed by atoms with Crippen molar-refractivity contribution in [3.8, 4) is 0 Å². The third kappa shape index (κ3) is 2.90. The van der Waals surface area contributed by atoms with E-state index in [1.807, 2.05) is 18.2 Å². The number of hydrogen-bond acceptors (Lipinski definition) is 3. The molecule has 1 aliphatic heterocycles. The van der Waals surface area contributed by atoms with Crippen LogP contribution in [0.1, 0.15) is 22.3 Å². The van der Waals surface area contributed by atoms with Gasteiger partial charge in [0.05, 0.1) is 7.11 Å². The number of fused-ring (bicyclic) bond motifs is 1. The highest BCUT2D eigenvalue weighted by molar-refractivity contribution is 5.76. The van der Waals surface area contributed by atoms with Crippen LogP contribution in [0.4, 0.5) is 0 Å². The molecular formula is C19H21NO2. The molecular weight excluding hydrogens is 274 g/mol. The van der Waals surface area contributed by atoms with Gasteiger partial charge in [0, 0.05) is 13.1 Å². The minimum Gasteiger partial charge on any atom is -0.468 e. The van der Waals surface area contributed by atoms with Crippen LogP contribution in [0.25, 0.3) is 0 Å². The molecule has 0 radical (unpaired) electrons. The number of ether oxygens (including phenoxy) is 1. The van der Waals surface area contributed by atoms with Gasteiger partial charge < -0.3 is 4.74 Å². The van der Waals surface area contributed by atoms with Crippen molar-refractivity contribution >= 4 is 5.97 Å². The number of esters is 1. The fourth-order valence-corrected chi connectivity index (χ4v) is 3.12. The van der Waals surface area contributed by atoms with E-state index in [4.69, 9.17) is 4.74 Å². The molecule has 1 unspecified atom stereocenters. The first-order valence-electron chi connectivity index (χ1n) is 7.62. The Morgan fingerprint density at radius 1 is 1.14 bits per heavy atom. The summed E-state index contributed by atoms with van der Waals surface area (Å²) in [4.78, 5) is 14.4. The first-order chi connectivity index (χ1) is 10.7. The van der Waals surface area contributed by atoms with Gasteiger partial charge in [0.15, 0.2) is 0 Å². The second-order valence-electron chi connectivity index (χ2n) is 5.84. The molecule has 1 heterocycles. The Labute approximate surface area is 131 Å². The lowest BCUT2D eigenvalue weighted by atomic mass is 9.93. The minimum atomic E-state index is -0.209. The molecule has 2 aromatic carbocycles. The Bertz CT molecular complexity index is 681. The highest BCUT2D eigenvalue weighted by atomic mass is 16.5. The number of carbonyl (C=O) groups excluding carboxylic acids is 1. The monoisotopic (exact) mass is 295 g/mol. The zero-order chi connectivity index (χ0) is 15.5. The number of rotatable bonds is 3. The lowest BCUT2D eigenvalue weighted by molar-refractivity contribution is -0.148. The molecule has 1 atom stereocenters. The van der Waals surface area contributed by atoms with Gasteiger partial charge in [-0.1, -0.05) is 48.5 Å². The van der Waals surface area contributed by atoms with Gasteiger partial charge >= 0.3 is 5.97 Å². The van der Waals surface area contributed by atoms with Gasteiger partial charge in [0.25, 0.3) is 0 Å². The van der Waals surface area contributed by atoms with Crippen molar-refractivity contribution in [2.24, 2.45) is 0 Å². The molecule has 22 heavy (non-hydrogen) atoms. The van der Waals surface area contributed by atoms with Gasteiger partial charge in [-0.2, -0.15) is 0 Å². The Balaban J connectivity index is 1.90. The number of benzene rings is 2. The molecule has 0 saturated carbocycles. The smallest absolute Gasteiger partial charge is 0.323 e. The maximum absolute atomic E-state index is 12.2. The van der Waals surface area contributed by atoms with Crippen molar-refractivity contribution in [1.29, 1.82) is 0 Å². The van der Waals surface area contributed by atoms with Crippen molar-refractivity contribution in [3.05, 3.63) is 70.8 Å². The summed E-state index contributed by atoms with van der Waals surface area (Å²) in [6, 6.07) is 16.5. The van der Waals surface area contributed by atoms with E-state index in [0.717, 1.165) is 13.1 Å². The van der Waals surface area contributed by atoms with Crippen molar-refractivity contribution in [2.45, 2.75) is 32.5 Å². The summed E-state index contributed by atoms with van der Waals surface area (Å²) < 4.78 is 5.02. The van der Waals surface area contributed by atoms with Gasteiger partial charge in [-0.25, -0.2) is 0 Å². The van der Waals surface area contributed by atoms with Gasteiger partial charge in [-0.15, -0.1) is 0 Å². The van der Waals surface area contributed by atoms with Crippen LogP contribution in [0, 0.1) is 6.92 Å². The van der Waals surface area contributed by atoms with Crippen molar-refractivity contribution in [3.63, 3.8) is 0 Å². The minimum absolute atomic E-state index is 0.150. The van der Waals surface area contributed by atoms with E-state index in [1.54, 1.807) is 0 Å². The largest absolute Gasteiger partial charge is 0.468 e. The molecule has 0 saturated heterocycles. The molecule has 0 spiro atoms. The summed E-state index contributed by atoms with van der Waals surface area (Å²) in [5, 5.41) is 0. The number of nitrogens with zero attached hydrogens (tertiary/aromatic N) is 1. The number of carbonyl (C=O) groups is 1. The molecule has 0 aliphatic carbocycles. The number of methoxy groups -OCH3 is 1. The van der Waals surface area contributed by atoms with Crippen LogP contribution in [-0.4, -0.2) is 24.0 Å². The average molecular weight is 295 g/mol. The van der Waals surface area contributed by atoms with E-state index in [9.17, 15) is 4.79 Å². The molecule has 2 aromatic rings. The van der Waals surface area contributed by atoms with Gasteiger partial charge in [0.1, 0.15) is 6.04 Å². The molecule has 0 aromatic heterocycles. The predicted octanol–water partition coefficient (Wildman–Crippen LogP) is 3.09. The van der Waals surface area contributed by atoms with Crippen LogP contribution in [0.3, 0.4) is 0 Å². The fraction of sp³-hybridized carbons (Fsp3) is 0.316. The zero-order valence-electron chi connectivity index (χ0n) is 13.1. The van der Waals surface area contributed by atoms with Crippen molar-refractivity contribution < 1.29 is 9.53 Å². The van der Waals surface area contributed by atoms with E-state index < -0.39 is 0 Å². The van der Waals surface area contributed by atoms with Crippen LogP contribution < -0.4 is 0 Å². The van der Waals surface area contributed by atoms with E-state index in [0.29, 0.717) is 6.42 Å². The molecule has 1 aliphatic rings. The summed E-state index contributed by atoms with van der Waals surface area (Å²) in [5.41, 5.74) is 5.07. The highest BCUT2D eigenvalue weighted by Gasteiger charge is 2.32. The van der Waals surface area contributed by atoms with Gasteiger partial charge in [0.2, 0.25) is 0 Å². The topological polar surface area (TPSA) is 29.5 Å². The normalized spacial score (nSPS) is 17.8. The van der Waals surface area contributed by atoms with Crippen LogP contribution in [-0.2, 0) is 29.0 Å². The van der Waals surface area contributed by atoms with E-state index >= 15 is 0 Å². The maximum atomic E-state index is 12.2. The fourth-order valence-electron chi connectivity index (χ4n) is 3.12. The Hall–Kier alpha value is -2.13. The second kappa shape index (κ2) is 6.32. The molecule has 0 N–H and O–H groups in total. The van der Waals surface area contributed by atoms with Crippen molar-refractivity contribution in [2.75, 3.05) is 7.11 Å². The van der Waals surface area contributed by atoms with Crippen molar-refractivity contribution in [1.82, 2.24) is 4.90 Å². The molecule has 114 valence electrons. The van der Waals surface area contributed by atoms with Crippen LogP contribution in [0.5, 0.6) is 0 Å². The van der Waals surface area contributed by atoms with E-state index in [2.05, 4.69) is 42.2 Å². The average Bonchev–Trinajstić information content (AvgIpc) is 2.55. The molecule has 0 amide bonds. The first-order valence-corrected chi connectivity index (χ1v) is 7.62. The van der Waals surface area contributed by atoms with Crippen LogP contribution >= 0.6 is 0 Å². The van der Waals surface area contributed by atoms with E-state index in [1.165, 1.54) is 29.4 Å². The first kappa shape index (κ1) is 14.8. The lowest BCUT2D eigenvalue weighted by Gasteiger charge is -2.35. The van der Waals surface area contributed by atoms with Gasteiger partial charge in [-0.05, 0) is 35.6 Å². The highest BCUT2D eigenvalue weighted by Crippen LogP contribution is 2.26. The molecule has 3 nitrogen and oxygen atoms in total. The van der Waals surface area contributed by atoms with E-state index in [-0.39, 0.29) is 12.0 Å². The summed E-state index contributed by atoms with van der Waals surface area (Å²) >= 11 is 0. The molecule has 0 fully saturated rings. The molecule has 0 bridgehead atoms.